The summed E-state index contributed by atoms with van der Waals surface area (Å²) in [5, 5.41) is 7.58. The predicted octanol–water partition coefficient (Wildman–Crippen LogP) is 2.03. The second kappa shape index (κ2) is 7.86. The molecule has 0 aliphatic carbocycles. The predicted molar refractivity (Wildman–Crippen MR) is 98.4 cm³/mol. The van der Waals surface area contributed by atoms with Crippen LogP contribution < -0.4 is 5.32 Å². The van der Waals surface area contributed by atoms with E-state index in [4.69, 9.17) is 0 Å². The molecule has 2 aromatic rings. The van der Waals surface area contributed by atoms with Gasteiger partial charge in [-0.25, -0.2) is 4.79 Å². The van der Waals surface area contributed by atoms with Crippen molar-refractivity contribution in [2.45, 2.75) is 38.4 Å². The van der Waals surface area contributed by atoms with Gasteiger partial charge < -0.3 is 10.2 Å². The largest absolute Gasteiger partial charge is 0.338 e. The first-order valence-electron chi connectivity index (χ1n) is 9.47. The van der Waals surface area contributed by atoms with E-state index in [1.165, 1.54) is 5.69 Å². The number of nitrogens with one attached hydrogen (secondary N) is 1. The van der Waals surface area contributed by atoms with Crippen LogP contribution in [0.4, 0.5) is 4.79 Å². The van der Waals surface area contributed by atoms with Crippen molar-refractivity contribution >= 4 is 6.03 Å². The van der Waals surface area contributed by atoms with Crippen molar-refractivity contribution < 1.29 is 4.79 Å². The highest BCUT2D eigenvalue weighted by Crippen LogP contribution is 2.23. The Balaban J connectivity index is 1.35. The van der Waals surface area contributed by atoms with Crippen LogP contribution in [0.1, 0.15) is 36.7 Å². The first kappa shape index (κ1) is 17.0. The van der Waals surface area contributed by atoms with Crippen molar-refractivity contribution in [3.05, 3.63) is 48.0 Å². The van der Waals surface area contributed by atoms with Crippen LogP contribution in [0.15, 0.2) is 36.7 Å². The van der Waals surface area contributed by atoms with Crippen LogP contribution in [-0.4, -0.2) is 56.8 Å². The number of amides is 2. The Morgan fingerprint density at radius 3 is 2.88 bits per heavy atom. The molecule has 0 saturated carbocycles. The quantitative estimate of drug-likeness (QED) is 0.892. The Labute approximate surface area is 154 Å². The molecule has 138 valence electrons. The number of nitrogens with zero attached hydrogens (tertiary/aromatic N) is 5. The number of urea groups is 1. The second-order valence-electron chi connectivity index (χ2n) is 7.13. The summed E-state index contributed by atoms with van der Waals surface area (Å²) in [5.74, 6) is 0. The minimum absolute atomic E-state index is 0.0735. The Bertz CT molecular complexity index is 725. The summed E-state index contributed by atoms with van der Waals surface area (Å²) < 4.78 is 2.12. The van der Waals surface area contributed by atoms with Gasteiger partial charge in [0.2, 0.25) is 0 Å². The zero-order valence-electron chi connectivity index (χ0n) is 15.0. The van der Waals surface area contributed by atoms with E-state index in [0.29, 0.717) is 6.54 Å². The molecule has 0 aromatic carbocycles. The molecule has 1 atom stereocenters. The van der Waals surface area contributed by atoms with Gasteiger partial charge in [-0.3, -0.25) is 14.6 Å². The zero-order chi connectivity index (χ0) is 17.8. The summed E-state index contributed by atoms with van der Waals surface area (Å²) in [7, 11) is 0. The Morgan fingerprint density at radius 2 is 2.08 bits per heavy atom. The van der Waals surface area contributed by atoms with Crippen LogP contribution in [0, 0.1) is 0 Å². The second-order valence-corrected chi connectivity index (χ2v) is 7.13. The van der Waals surface area contributed by atoms with Gasteiger partial charge in [0, 0.05) is 51.7 Å². The van der Waals surface area contributed by atoms with E-state index in [9.17, 15) is 4.79 Å². The van der Waals surface area contributed by atoms with Crippen LogP contribution in [0.25, 0.3) is 0 Å². The van der Waals surface area contributed by atoms with Crippen molar-refractivity contribution in [3.63, 3.8) is 0 Å². The van der Waals surface area contributed by atoms with Crippen molar-refractivity contribution in [1.82, 2.24) is 29.9 Å². The fourth-order valence-corrected chi connectivity index (χ4v) is 3.90. The SMILES string of the molecule is O=C(NCC[C@@H]1CN(Cc2ccccn2)Cc2ccnn21)N1CCCC1. The molecule has 0 radical (unpaired) electrons. The van der Waals surface area contributed by atoms with Gasteiger partial charge in [0.05, 0.1) is 17.4 Å². The van der Waals surface area contributed by atoms with Crippen LogP contribution >= 0.6 is 0 Å². The fourth-order valence-electron chi connectivity index (χ4n) is 3.90. The molecule has 4 heterocycles. The monoisotopic (exact) mass is 354 g/mol. The van der Waals surface area contributed by atoms with Gasteiger partial charge in [-0.05, 0) is 37.5 Å². The summed E-state index contributed by atoms with van der Waals surface area (Å²) >= 11 is 0. The number of fused-ring (bicyclic) bond motifs is 1. The minimum Gasteiger partial charge on any atom is -0.338 e. The Hall–Kier alpha value is -2.41. The van der Waals surface area contributed by atoms with Gasteiger partial charge in [0.25, 0.3) is 0 Å². The number of rotatable bonds is 5. The minimum atomic E-state index is 0.0735. The number of aromatic nitrogens is 3. The van der Waals surface area contributed by atoms with Gasteiger partial charge in [-0.15, -0.1) is 0 Å². The van der Waals surface area contributed by atoms with E-state index >= 15 is 0 Å². The number of pyridine rings is 1. The van der Waals surface area contributed by atoms with Gasteiger partial charge in [-0.1, -0.05) is 6.07 Å². The molecular weight excluding hydrogens is 328 g/mol. The molecular formula is C19H26N6O. The molecule has 2 aliphatic heterocycles. The summed E-state index contributed by atoms with van der Waals surface area (Å²) in [4.78, 5) is 20.9. The molecule has 1 N–H and O–H groups in total. The topological polar surface area (TPSA) is 66.3 Å². The van der Waals surface area contributed by atoms with E-state index in [2.05, 4.69) is 37.1 Å². The molecule has 1 saturated heterocycles. The lowest BCUT2D eigenvalue weighted by Crippen LogP contribution is -2.41. The molecule has 2 amide bonds. The molecule has 0 bridgehead atoms. The number of carbonyl (C=O) groups excluding carboxylic acids is 1. The summed E-state index contributed by atoms with van der Waals surface area (Å²) in [6.45, 7) is 5.09. The maximum absolute atomic E-state index is 12.2. The van der Waals surface area contributed by atoms with Gasteiger partial charge >= 0.3 is 6.03 Å². The third-order valence-corrected chi connectivity index (χ3v) is 5.21. The average molecular weight is 354 g/mol. The average Bonchev–Trinajstić information content (AvgIpc) is 3.34. The molecule has 0 spiro atoms. The van der Waals surface area contributed by atoms with E-state index in [1.54, 1.807) is 0 Å². The van der Waals surface area contributed by atoms with E-state index in [0.717, 1.165) is 57.7 Å². The van der Waals surface area contributed by atoms with Crippen LogP contribution in [0.5, 0.6) is 0 Å². The Morgan fingerprint density at radius 1 is 1.19 bits per heavy atom. The zero-order valence-corrected chi connectivity index (χ0v) is 15.0. The molecule has 4 rings (SSSR count). The van der Waals surface area contributed by atoms with Gasteiger partial charge in [-0.2, -0.15) is 5.10 Å². The summed E-state index contributed by atoms with van der Waals surface area (Å²) in [6.07, 6.45) is 6.83. The summed E-state index contributed by atoms with van der Waals surface area (Å²) in [5.41, 5.74) is 2.31. The lowest BCUT2D eigenvalue weighted by atomic mass is 10.1. The standard InChI is InChI=1S/C19H26N6O/c26-19(24-11-3-4-12-24)21-9-6-17-14-23(13-16-5-1-2-8-20-16)15-18-7-10-22-25(17)18/h1-2,5,7-8,10,17H,3-4,6,9,11-15H2,(H,21,26)/t17-/m1/s1. The number of hydrogen-bond acceptors (Lipinski definition) is 4. The van der Waals surface area contributed by atoms with E-state index < -0.39 is 0 Å². The van der Waals surface area contributed by atoms with Crippen molar-refractivity contribution in [2.75, 3.05) is 26.2 Å². The molecule has 1 fully saturated rings. The van der Waals surface area contributed by atoms with Crippen molar-refractivity contribution in [2.24, 2.45) is 0 Å². The maximum Gasteiger partial charge on any atom is 0.317 e. The number of carbonyl (C=O) groups is 1. The number of likely N-dealkylation sites (tertiary alicyclic amines) is 1. The smallest absolute Gasteiger partial charge is 0.317 e. The van der Waals surface area contributed by atoms with Crippen molar-refractivity contribution in [3.8, 4) is 0 Å². The lowest BCUT2D eigenvalue weighted by Gasteiger charge is -2.34. The van der Waals surface area contributed by atoms with E-state index in [-0.39, 0.29) is 12.1 Å². The first-order valence-corrected chi connectivity index (χ1v) is 9.47. The highest BCUT2D eigenvalue weighted by molar-refractivity contribution is 5.74. The normalized spacial score (nSPS) is 20.2. The molecule has 0 unspecified atom stereocenters. The molecule has 2 aromatic heterocycles. The summed E-state index contributed by atoms with van der Waals surface area (Å²) in [6, 6.07) is 8.47. The van der Waals surface area contributed by atoms with Gasteiger partial charge in [0.1, 0.15) is 0 Å². The third kappa shape index (κ3) is 3.88. The third-order valence-electron chi connectivity index (χ3n) is 5.21. The molecule has 7 nitrogen and oxygen atoms in total. The van der Waals surface area contributed by atoms with Crippen LogP contribution in [0.3, 0.4) is 0 Å². The molecule has 7 heteroatoms. The Kier molecular flexibility index (Phi) is 5.15. The number of hydrogen-bond donors (Lipinski definition) is 1. The first-order chi connectivity index (χ1) is 12.8. The van der Waals surface area contributed by atoms with E-state index in [1.807, 2.05) is 29.4 Å². The van der Waals surface area contributed by atoms with Gasteiger partial charge in [0.15, 0.2) is 0 Å². The highest BCUT2D eigenvalue weighted by Gasteiger charge is 2.26. The maximum atomic E-state index is 12.2. The molecule has 26 heavy (non-hydrogen) atoms. The van der Waals surface area contributed by atoms with Crippen LogP contribution in [0.2, 0.25) is 0 Å². The van der Waals surface area contributed by atoms with Crippen molar-refractivity contribution in [1.29, 1.82) is 0 Å². The molecule has 2 aliphatic rings. The highest BCUT2D eigenvalue weighted by atomic mass is 16.2. The van der Waals surface area contributed by atoms with Crippen LogP contribution in [-0.2, 0) is 13.1 Å². The lowest BCUT2D eigenvalue weighted by molar-refractivity contribution is 0.158. The fraction of sp³-hybridized carbons (Fsp3) is 0.526.